The molecule has 3 heteroatoms. The van der Waals surface area contributed by atoms with Gasteiger partial charge in [-0.1, -0.05) is 36.4 Å². The van der Waals surface area contributed by atoms with Gasteiger partial charge in [-0.05, 0) is 31.7 Å². The topological polar surface area (TPSA) is 37.0 Å². The van der Waals surface area contributed by atoms with Crippen LogP contribution in [0.1, 0.15) is 12.1 Å². The van der Waals surface area contributed by atoms with E-state index < -0.39 is 0 Å². The van der Waals surface area contributed by atoms with Gasteiger partial charge in [0.25, 0.3) is 0 Å². The lowest BCUT2D eigenvalue weighted by Gasteiger charge is -2.31. The van der Waals surface area contributed by atoms with Gasteiger partial charge in [0, 0.05) is 18.1 Å². The Bertz CT molecular complexity index is 687. The maximum absolute atomic E-state index is 4.83. The van der Waals surface area contributed by atoms with E-state index in [9.17, 15) is 0 Å². The minimum absolute atomic E-state index is 0.218. The Balaban J connectivity index is 2.04. The van der Waals surface area contributed by atoms with Crippen LogP contribution in [0, 0.1) is 0 Å². The minimum atomic E-state index is -0.218. The fraction of sp³-hybridized carbons (Fsp3) is 0.235. The molecule has 3 nitrogen and oxygen atoms in total. The van der Waals surface area contributed by atoms with Gasteiger partial charge < -0.3 is 10.6 Å². The standard InChI is InChI=1S/C17H19N3/c1-18-14-9-11-17(19-2,12-10-14)16-8-7-13-5-3-4-6-15(13)20-16/h3-11,18-19H,12H2,1-2H3. The Morgan fingerprint density at radius 3 is 2.65 bits per heavy atom. The smallest absolute Gasteiger partial charge is 0.0831 e. The third kappa shape index (κ3) is 2.10. The number of likely N-dealkylation sites (N-methyl/N-ethyl adjacent to an activating group) is 2. The summed E-state index contributed by atoms with van der Waals surface area (Å²) in [5.74, 6) is 0. The summed E-state index contributed by atoms with van der Waals surface area (Å²) in [5, 5.41) is 7.77. The van der Waals surface area contributed by atoms with E-state index in [1.807, 2.05) is 26.2 Å². The molecule has 1 heterocycles. The number of benzene rings is 1. The summed E-state index contributed by atoms with van der Waals surface area (Å²) in [4.78, 5) is 4.83. The molecule has 0 radical (unpaired) electrons. The molecular weight excluding hydrogens is 246 g/mol. The number of para-hydroxylation sites is 1. The molecule has 1 aliphatic carbocycles. The summed E-state index contributed by atoms with van der Waals surface area (Å²) in [6.45, 7) is 0. The van der Waals surface area contributed by atoms with E-state index in [0.717, 1.165) is 23.3 Å². The molecule has 3 rings (SSSR count). The van der Waals surface area contributed by atoms with Crippen molar-refractivity contribution in [3.8, 4) is 0 Å². The summed E-state index contributed by atoms with van der Waals surface area (Å²) in [6, 6.07) is 12.5. The normalized spacial score (nSPS) is 21.8. The number of rotatable bonds is 3. The van der Waals surface area contributed by atoms with Crippen molar-refractivity contribution < 1.29 is 0 Å². The highest BCUT2D eigenvalue weighted by molar-refractivity contribution is 5.78. The molecule has 0 amide bonds. The molecule has 1 aromatic heterocycles. The molecule has 1 unspecified atom stereocenters. The van der Waals surface area contributed by atoms with Crippen molar-refractivity contribution in [1.29, 1.82) is 0 Å². The maximum atomic E-state index is 4.83. The van der Waals surface area contributed by atoms with Gasteiger partial charge in [0.1, 0.15) is 0 Å². The van der Waals surface area contributed by atoms with Crippen molar-refractivity contribution in [3.63, 3.8) is 0 Å². The second-order valence-corrected chi connectivity index (χ2v) is 5.06. The summed E-state index contributed by atoms with van der Waals surface area (Å²) in [5.41, 5.74) is 3.03. The van der Waals surface area contributed by atoms with Gasteiger partial charge in [0.05, 0.1) is 16.7 Å². The van der Waals surface area contributed by atoms with Crippen LogP contribution in [-0.4, -0.2) is 19.1 Å². The van der Waals surface area contributed by atoms with E-state index >= 15 is 0 Å². The predicted molar refractivity (Wildman–Crippen MR) is 83.4 cm³/mol. The largest absolute Gasteiger partial charge is 0.388 e. The van der Waals surface area contributed by atoms with Gasteiger partial charge >= 0.3 is 0 Å². The number of hydrogen-bond donors (Lipinski definition) is 2. The van der Waals surface area contributed by atoms with E-state index in [4.69, 9.17) is 4.98 Å². The first-order valence-corrected chi connectivity index (χ1v) is 6.90. The molecule has 0 aliphatic heterocycles. The summed E-state index contributed by atoms with van der Waals surface area (Å²) >= 11 is 0. The first-order chi connectivity index (χ1) is 9.77. The van der Waals surface area contributed by atoms with Crippen LogP contribution in [0.25, 0.3) is 10.9 Å². The molecule has 102 valence electrons. The van der Waals surface area contributed by atoms with Crippen molar-refractivity contribution in [3.05, 3.63) is 66.0 Å². The summed E-state index contributed by atoms with van der Waals surface area (Å²) in [6.07, 6.45) is 7.39. The average molecular weight is 265 g/mol. The molecule has 1 aliphatic rings. The van der Waals surface area contributed by atoms with Crippen LogP contribution in [0.4, 0.5) is 0 Å². The highest BCUT2D eigenvalue weighted by Gasteiger charge is 2.30. The predicted octanol–water partition coefficient (Wildman–Crippen LogP) is 2.71. The minimum Gasteiger partial charge on any atom is -0.388 e. The van der Waals surface area contributed by atoms with Crippen LogP contribution in [-0.2, 0) is 5.54 Å². The number of pyridine rings is 1. The Labute approximate surface area is 119 Å². The van der Waals surface area contributed by atoms with Crippen molar-refractivity contribution >= 4 is 10.9 Å². The Hall–Kier alpha value is -2.13. The number of nitrogens with zero attached hydrogens (tertiary/aromatic N) is 1. The zero-order valence-corrected chi connectivity index (χ0v) is 11.9. The van der Waals surface area contributed by atoms with Crippen LogP contribution in [0.15, 0.2) is 60.3 Å². The van der Waals surface area contributed by atoms with Crippen LogP contribution >= 0.6 is 0 Å². The highest BCUT2D eigenvalue weighted by atomic mass is 15.0. The SMILES string of the molecule is CNC1=CCC(NC)(c2ccc3ccccc3n2)C=C1. The molecular formula is C17H19N3. The monoisotopic (exact) mass is 265 g/mol. The first kappa shape index (κ1) is 12.9. The molecule has 2 aromatic rings. The fourth-order valence-corrected chi connectivity index (χ4v) is 2.64. The molecule has 20 heavy (non-hydrogen) atoms. The van der Waals surface area contributed by atoms with Gasteiger partial charge in [0.2, 0.25) is 0 Å². The molecule has 0 fully saturated rings. The lowest BCUT2D eigenvalue weighted by atomic mass is 9.86. The van der Waals surface area contributed by atoms with Crippen molar-refractivity contribution in [1.82, 2.24) is 15.6 Å². The van der Waals surface area contributed by atoms with Crippen LogP contribution < -0.4 is 10.6 Å². The molecule has 0 bridgehead atoms. The van der Waals surface area contributed by atoms with E-state index in [-0.39, 0.29) is 5.54 Å². The third-order valence-corrected chi connectivity index (χ3v) is 3.98. The van der Waals surface area contributed by atoms with E-state index in [1.54, 1.807) is 0 Å². The fourth-order valence-electron chi connectivity index (χ4n) is 2.64. The second-order valence-electron chi connectivity index (χ2n) is 5.06. The molecule has 1 atom stereocenters. The number of hydrogen-bond acceptors (Lipinski definition) is 3. The van der Waals surface area contributed by atoms with Crippen molar-refractivity contribution in [2.24, 2.45) is 0 Å². The molecule has 0 saturated heterocycles. The molecule has 1 aromatic carbocycles. The van der Waals surface area contributed by atoms with Gasteiger partial charge in [-0.15, -0.1) is 0 Å². The summed E-state index contributed by atoms with van der Waals surface area (Å²) in [7, 11) is 3.93. The summed E-state index contributed by atoms with van der Waals surface area (Å²) < 4.78 is 0. The van der Waals surface area contributed by atoms with Crippen molar-refractivity contribution in [2.45, 2.75) is 12.0 Å². The highest BCUT2D eigenvalue weighted by Crippen LogP contribution is 2.30. The third-order valence-electron chi connectivity index (χ3n) is 3.98. The van der Waals surface area contributed by atoms with Crippen LogP contribution in [0.2, 0.25) is 0 Å². The molecule has 0 saturated carbocycles. The Morgan fingerprint density at radius 2 is 1.95 bits per heavy atom. The van der Waals surface area contributed by atoms with E-state index in [2.05, 4.69) is 53.1 Å². The quantitative estimate of drug-likeness (QED) is 0.896. The molecule has 2 N–H and O–H groups in total. The Kier molecular flexibility index (Phi) is 3.28. The Morgan fingerprint density at radius 1 is 1.10 bits per heavy atom. The van der Waals surface area contributed by atoms with Gasteiger partial charge in [-0.2, -0.15) is 0 Å². The lowest BCUT2D eigenvalue weighted by Crippen LogP contribution is -2.40. The maximum Gasteiger partial charge on any atom is 0.0831 e. The van der Waals surface area contributed by atoms with Gasteiger partial charge in [-0.25, -0.2) is 0 Å². The van der Waals surface area contributed by atoms with Gasteiger partial charge in [-0.3, -0.25) is 4.98 Å². The number of aromatic nitrogens is 1. The zero-order chi connectivity index (χ0) is 14.0. The van der Waals surface area contributed by atoms with Crippen LogP contribution in [0.5, 0.6) is 0 Å². The van der Waals surface area contributed by atoms with E-state index in [0.29, 0.717) is 0 Å². The number of nitrogens with one attached hydrogen (secondary N) is 2. The second kappa shape index (κ2) is 5.10. The van der Waals surface area contributed by atoms with E-state index in [1.165, 1.54) is 5.39 Å². The first-order valence-electron chi connectivity index (χ1n) is 6.90. The number of allylic oxidation sites excluding steroid dienone is 1. The van der Waals surface area contributed by atoms with Crippen LogP contribution in [0.3, 0.4) is 0 Å². The lowest BCUT2D eigenvalue weighted by molar-refractivity contribution is 0.443. The number of fused-ring (bicyclic) bond motifs is 1. The van der Waals surface area contributed by atoms with Gasteiger partial charge in [0.15, 0.2) is 0 Å². The molecule has 0 spiro atoms. The average Bonchev–Trinajstić information content (AvgIpc) is 2.54. The van der Waals surface area contributed by atoms with Crippen molar-refractivity contribution in [2.75, 3.05) is 14.1 Å². The zero-order valence-electron chi connectivity index (χ0n) is 11.9.